The van der Waals surface area contributed by atoms with E-state index in [2.05, 4.69) is 20.7 Å². The van der Waals surface area contributed by atoms with Crippen molar-refractivity contribution in [3.8, 4) is 10.7 Å². The highest BCUT2D eigenvalue weighted by atomic mass is 32.1. The fourth-order valence-corrected chi connectivity index (χ4v) is 4.35. The van der Waals surface area contributed by atoms with Gasteiger partial charge in [0.1, 0.15) is 0 Å². The molecule has 3 aromatic heterocycles. The van der Waals surface area contributed by atoms with Gasteiger partial charge in [-0.25, -0.2) is 4.52 Å². The fraction of sp³-hybridized carbons (Fsp3) is 0.200. The Balaban J connectivity index is 1.25. The van der Waals surface area contributed by atoms with Gasteiger partial charge in [-0.1, -0.05) is 36.4 Å². The number of benzene rings is 1. The summed E-state index contributed by atoms with van der Waals surface area (Å²) in [5.74, 6) is -0.533. The molecule has 0 bridgehead atoms. The van der Waals surface area contributed by atoms with Crippen LogP contribution in [0.15, 0.2) is 53.2 Å². The number of thiazole rings is 1. The summed E-state index contributed by atoms with van der Waals surface area (Å²) in [6.07, 6.45) is 1.25. The molecule has 2 amide bonds. The van der Waals surface area contributed by atoms with Crippen molar-refractivity contribution in [1.82, 2.24) is 25.2 Å². The van der Waals surface area contributed by atoms with E-state index < -0.39 is 11.8 Å². The second-order valence-electron chi connectivity index (χ2n) is 6.33. The van der Waals surface area contributed by atoms with Gasteiger partial charge in [0, 0.05) is 24.9 Å². The third kappa shape index (κ3) is 4.69. The Morgan fingerprint density at radius 1 is 0.931 bits per heavy atom. The summed E-state index contributed by atoms with van der Waals surface area (Å²) in [4.78, 5) is 30.3. The monoisotopic (exact) mass is 425 g/mol. The summed E-state index contributed by atoms with van der Waals surface area (Å²) in [6, 6.07) is 13.8. The van der Waals surface area contributed by atoms with Crippen molar-refractivity contribution in [3.05, 3.63) is 64.5 Å². The van der Waals surface area contributed by atoms with Crippen LogP contribution in [0.2, 0.25) is 0 Å². The number of carbonyl (C=O) groups excluding carboxylic acids is 2. The van der Waals surface area contributed by atoms with Gasteiger partial charge in [0.05, 0.1) is 10.6 Å². The van der Waals surface area contributed by atoms with Crippen molar-refractivity contribution in [1.29, 1.82) is 0 Å². The van der Waals surface area contributed by atoms with E-state index in [0.29, 0.717) is 31.8 Å². The Bertz CT molecular complexity index is 1100. The van der Waals surface area contributed by atoms with Gasteiger partial charge < -0.3 is 10.6 Å². The summed E-state index contributed by atoms with van der Waals surface area (Å²) < 4.78 is 1.80. The standard InChI is InChI=1S/C20H19N5O2S2/c26-18(21-10-8-14-5-2-1-3-6-14)19(27)22-11-9-15-13-29-20-23-17(24-25(15)20)16-7-4-12-28-16/h1-7,12-13H,8-11H2,(H,21,26)(H,22,27). The Morgan fingerprint density at radius 3 is 2.41 bits per heavy atom. The average molecular weight is 426 g/mol. The van der Waals surface area contributed by atoms with Gasteiger partial charge in [0.25, 0.3) is 0 Å². The highest BCUT2D eigenvalue weighted by Gasteiger charge is 2.14. The lowest BCUT2D eigenvalue weighted by atomic mass is 10.1. The van der Waals surface area contributed by atoms with Gasteiger partial charge in [0.15, 0.2) is 5.82 Å². The topological polar surface area (TPSA) is 88.4 Å². The van der Waals surface area contributed by atoms with Crippen LogP contribution in [0.3, 0.4) is 0 Å². The van der Waals surface area contributed by atoms with Gasteiger partial charge in [-0.3, -0.25) is 9.59 Å². The molecule has 0 saturated heterocycles. The summed E-state index contributed by atoms with van der Waals surface area (Å²) in [5.41, 5.74) is 2.06. The number of hydrogen-bond donors (Lipinski definition) is 2. The first kappa shape index (κ1) is 19.3. The number of nitrogens with zero attached hydrogens (tertiary/aromatic N) is 3. The number of rotatable bonds is 7. The molecule has 3 heterocycles. The van der Waals surface area contributed by atoms with Crippen LogP contribution >= 0.6 is 22.7 Å². The van der Waals surface area contributed by atoms with Gasteiger partial charge in [-0.15, -0.1) is 27.8 Å². The average Bonchev–Trinajstić information content (AvgIpc) is 3.46. The lowest BCUT2D eigenvalue weighted by Gasteiger charge is -2.06. The fourth-order valence-electron chi connectivity index (χ4n) is 2.84. The maximum absolute atomic E-state index is 12.0. The molecule has 0 radical (unpaired) electrons. The zero-order valence-corrected chi connectivity index (χ0v) is 17.1. The molecular formula is C20H19N5O2S2. The van der Waals surface area contributed by atoms with E-state index in [1.54, 1.807) is 15.9 Å². The van der Waals surface area contributed by atoms with Crippen LogP contribution in [0.4, 0.5) is 0 Å². The van der Waals surface area contributed by atoms with Crippen LogP contribution in [0.1, 0.15) is 11.3 Å². The highest BCUT2D eigenvalue weighted by Crippen LogP contribution is 2.24. The lowest BCUT2D eigenvalue weighted by Crippen LogP contribution is -2.41. The summed E-state index contributed by atoms with van der Waals surface area (Å²) in [6.45, 7) is 0.775. The third-order valence-electron chi connectivity index (χ3n) is 4.31. The lowest BCUT2D eigenvalue weighted by molar-refractivity contribution is -0.139. The minimum Gasteiger partial charge on any atom is -0.348 e. The van der Waals surface area contributed by atoms with Gasteiger partial charge in [0.2, 0.25) is 4.96 Å². The number of nitrogens with one attached hydrogen (secondary N) is 2. The van der Waals surface area contributed by atoms with E-state index in [-0.39, 0.29) is 0 Å². The zero-order valence-electron chi connectivity index (χ0n) is 15.5. The summed E-state index contributed by atoms with van der Waals surface area (Å²) in [5, 5.41) is 13.8. The van der Waals surface area contributed by atoms with Crippen molar-refractivity contribution in [2.45, 2.75) is 12.8 Å². The number of fused-ring (bicyclic) bond motifs is 1. The maximum atomic E-state index is 12.0. The molecule has 9 heteroatoms. The van der Waals surface area contributed by atoms with Crippen LogP contribution in [-0.4, -0.2) is 39.5 Å². The first-order valence-electron chi connectivity index (χ1n) is 9.17. The smallest absolute Gasteiger partial charge is 0.309 e. The third-order valence-corrected chi connectivity index (χ3v) is 6.04. The van der Waals surface area contributed by atoms with Crippen LogP contribution in [0.25, 0.3) is 15.7 Å². The van der Waals surface area contributed by atoms with Crippen LogP contribution in [0, 0.1) is 0 Å². The largest absolute Gasteiger partial charge is 0.348 e. The Hall–Kier alpha value is -3.04. The molecule has 0 saturated carbocycles. The van der Waals surface area contributed by atoms with E-state index in [1.807, 2.05) is 53.2 Å². The SMILES string of the molecule is O=C(NCCc1ccccc1)C(=O)NCCc1csc2nc(-c3cccs3)nn12. The molecule has 0 spiro atoms. The number of hydrogen-bond acceptors (Lipinski definition) is 6. The molecule has 7 nitrogen and oxygen atoms in total. The molecule has 0 unspecified atom stereocenters. The van der Waals surface area contributed by atoms with E-state index in [9.17, 15) is 9.59 Å². The first-order chi connectivity index (χ1) is 14.2. The predicted molar refractivity (Wildman–Crippen MR) is 114 cm³/mol. The van der Waals surface area contributed by atoms with Crippen molar-refractivity contribution in [2.75, 3.05) is 13.1 Å². The van der Waals surface area contributed by atoms with Gasteiger partial charge >= 0.3 is 11.8 Å². The molecule has 0 atom stereocenters. The molecule has 0 aliphatic heterocycles. The molecule has 0 aliphatic carbocycles. The number of amides is 2. The molecule has 4 rings (SSSR count). The second kappa shape index (κ2) is 8.97. The molecule has 29 heavy (non-hydrogen) atoms. The number of carbonyl (C=O) groups is 2. The molecule has 0 fully saturated rings. The first-order valence-corrected chi connectivity index (χ1v) is 10.9. The van der Waals surface area contributed by atoms with Crippen molar-refractivity contribution in [3.63, 3.8) is 0 Å². The highest BCUT2D eigenvalue weighted by molar-refractivity contribution is 7.15. The molecule has 2 N–H and O–H groups in total. The summed E-state index contributed by atoms with van der Waals surface area (Å²) >= 11 is 3.10. The van der Waals surface area contributed by atoms with Crippen LogP contribution < -0.4 is 10.6 Å². The Labute approximate surface area is 175 Å². The Kier molecular flexibility index (Phi) is 5.97. The Morgan fingerprint density at radius 2 is 1.69 bits per heavy atom. The molecule has 4 aromatic rings. The predicted octanol–water partition coefficient (Wildman–Crippen LogP) is 2.54. The van der Waals surface area contributed by atoms with Gasteiger partial charge in [-0.05, 0) is 23.4 Å². The van der Waals surface area contributed by atoms with Crippen molar-refractivity contribution >= 4 is 39.4 Å². The van der Waals surface area contributed by atoms with Crippen LogP contribution in [0.5, 0.6) is 0 Å². The van der Waals surface area contributed by atoms with E-state index in [4.69, 9.17) is 0 Å². The molecule has 0 aliphatic rings. The quantitative estimate of drug-likeness (QED) is 0.446. The second-order valence-corrected chi connectivity index (χ2v) is 8.12. The van der Waals surface area contributed by atoms with E-state index in [1.165, 1.54) is 11.3 Å². The molecular weight excluding hydrogens is 406 g/mol. The van der Waals surface area contributed by atoms with E-state index in [0.717, 1.165) is 21.1 Å². The molecule has 1 aromatic carbocycles. The number of aromatic nitrogens is 3. The maximum Gasteiger partial charge on any atom is 0.309 e. The van der Waals surface area contributed by atoms with Crippen molar-refractivity contribution in [2.24, 2.45) is 0 Å². The van der Waals surface area contributed by atoms with Gasteiger partial charge in [-0.2, -0.15) is 4.98 Å². The minimum atomic E-state index is -0.623. The summed E-state index contributed by atoms with van der Waals surface area (Å²) in [7, 11) is 0. The molecule has 148 valence electrons. The van der Waals surface area contributed by atoms with E-state index >= 15 is 0 Å². The zero-order chi connectivity index (χ0) is 20.1. The minimum absolute atomic E-state index is 0.352. The number of thiophene rings is 1. The van der Waals surface area contributed by atoms with Crippen molar-refractivity contribution < 1.29 is 9.59 Å². The van der Waals surface area contributed by atoms with Crippen LogP contribution in [-0.2, 0) is 22.4 Å². The normalized spacial score (nSPS) is 10.9.